The minimum Gasteiger partial charge on any atom is -0.497 e. The molecule has 1 atom stereocenters. The van der Waals surface area contributed by atoms with E-state index in [1.807, 2.05) is 23.9 Å². The highest BCUT2D eigenvalue weighted by molar-refractivity contribution is 7.99. The van der Waals surface area contributed by atoms with Crippen LogP contribution in [0.2, 0.25) is 0 Å². The number of hydrogen-bond acceptors (Lipinski definition) is 6. The number of carbonyl (C=O) groups excluding carboxylic acids is 1. The van der Waals surface area contributed by atoms with Gasteiger partial charge in [0, 0.05) is 17.5 Å². The number of nitrogens with one attached hydrogen (secondary N) is 1. The lowest BCUT2D eigenvalue weighted by molar-refractivity contribution is -0.127. The Morgan fingerprint density at radius 3 is 2.47 bits per heavy atom. The van der Waals surface area contributed by atoms with Gasteiger partial charge in [0.15, 0.2) is 6.10 Å². The van der Waals surface area contributed by atoms with Gasteiger partial charge in [-0.2, -0.15) is 11.8 Å². The number of fused-ring (bicyclic) bond motifs is 1. The Hall–Kier alpha value is -2.39. The molecule has 1 fully saturated rings. The monoisotopic (exact) mass is 532 g/mol. The Labute approximate surface area is 219 Å². The number of thioether (sulfide) groups is 1. The smallest absolute Gasteiger partial charge is 0.264 e. The number of carbonyl (C=O) groups is 1. The van der Waals surface area contributed by atoms with Crippen LogP contribution >= 0.6 is 11.8 Å². The van der Waals surface area contributed by atoms with Gasteiger partial charge in [-0.1, -0.05) is 39.7 Å². The molecule has 1 unspecified atom stereocenters. The van der Waals surface area contributed by atoms with Crippen LogP contribution in [0.3, 0.4) is 0 Å². The van der Waals surface area contributed by atoms with E-state index in [0.29, 0.717) is 29.0 Å². The first-order valence-corrected chi connectivity index (χ1v) is 15.0. The van der Waals surface area contributed by atoms with Crippen LogP contribution in [0.1, 0.15) is 52.0 Å². The maximum Gasteiger partial charge on any atom is 0.264 e. The normalized spacial score (nSPS) is 18.4. The second kappa shape index (κ2) is 10.9. The third-order valence-electron chi connectivity index (χ3n) is 6.69. The lowest BCUT2D eigenvalue weighted by atomic mass is 9.86. The lowest BCUT2D eigenvalue weighted by Gasteiger charge is -2.36. The zero-order valence-electron chi connectivity index (χ0n) is 21.5. The van der Waals surface area contributed by atoms with Crippen LogP contribution in [0.5, 0.6) is 11.5 Å². The lowest BCUT2D eigenvalue weighted by Crippen LogP contribution is -2.51. The van der Waals surface area contributed by atoms with Crippen LogP contribution in [0.15, 0.2) is 47.4 Å². The largest absolute Gasteiger partial charge is 0.497 e. The molecule has 196 valence electrons. The first-order chi connectivity index (χ1) is 17.1. The molecule has 0 radical (unpaired) electrons. The van der Waals surface area contributed by atoms with E-state index in [1.54, 1.807) is 18.2 Å². The van der Waals surface area contributed by atoms with E-state index in [0.717, 1.165) is 11.3 Å². The van der Waals surface area contributed by atoms with E-state index >= 15 is 0 Å². The van der Waals surface area contributed by atoms with Crippen molar-refractivity contribution in [2.45, 2.75) is 68.1 Å². The van der Waals surface area contributed by atoms with Crippen molar-refractivity contribution >= 4 is 33.4 Å². The molecule has 1 aliphatic heterocycles. The summed E-state index contributed by atoms with van der Waals surface area (Å²) >= 11 is 1.90. The van der Waals surface area contributed by atoms with Crippen molar-refractivity contribution < 1.29 is 22.7 Å². The molecule has 7 nitrogen and oxygen atoms in total. The van der Waals surface area contributed by atoms with E-state index in [1.165, 1.54) is 49.2 Å². The maximum atomic E-state index is 13.8. The number of hydrogen-bond donors (Lipinski definition) is 1. The van der Waals surface area contributed by atoms with Gasteiger partial charge in [0.1, 0.15) is 11.5 Å². The van der Waals surface area contributed by atoms with E-state index in [2.05, 4.69) is 26.1 Å². The second-order valence-corrected chi connectivity index (χ2v) is 13.6. The Morgan fingerprint density at radius 1 is 1.14 bits per heavy atom. The third-order valence-corrected chi connectivity index (χ3v) is 9.87. The van der Waals surface area contributed by atoms with Gasteiger partial charge in [-0.15, -0.1) is 0 Å². The Morgan fingerprint density at radius 2 is 1.83 bits per heavy atom. The first kappa shape index (κ1) is 26.7. The van der Waals surface area contributed by atoms with Crippen LogP contribution in [0, 0.1) is 0 Å². The Bertz CT molecular complexity index is 1170. The summed E-state index contributed by atoms with van der Waals surface area (Å²) < 4.78 is 40.1. The molecule has 1 aliphatic carbocycles. The fourth-order valence-electron chi connectivity index (χ4n) is 4.53. The van der Waals surface area contributed by atoms with E-state index in [4.69, 9.17) is 9.47 Å². The minimum absolute atomic E-state index is 0.101. The van der Waals surface area contributed by atoms with Gasteiger partial charge in [0.25, 0.3) is 15.9 Å². The average Bonchev–Trinajstić information content (AvgIpc) is 3.38. The summed E-state index contributed by atoms with van der Waals surface area (Å²) in [6.45, 7) is 6.64. The van der Waals surface area contributed by atoms with E-state index < -0.39 is 16.1 Å². The Balaban J connectivity index is 1.57. The summed E-state index contributed by atoms with van der Waals surface area (Å²) in [7, 11) is -2.42. The van der Waals surface area contributed by atoms with Crippen LogP contribution in [0.25, 0.3) is 0 Å². The van der Waals surface area contributed by atoms with Crippen molar-refractivity contribution in [2.24, 2.45) is 0 Å². The van der Waals surface area contributed by atoms with Gasteiger partial charge in [0.2, 0.25) is 0 Å². The van der Waals surface area contributed by atoms with Crippen molar-refractivity contribution in [2.75, 3.05) is 30.3 Å². The predicted octanol–water partition coefficient (Wildman–Crippen LogP) is 4.74. The quantitative estimate of drug-likeness (QED) is 0.495. The number of methoxy groups -OCH3 is 1. The molecular formula is C27H36N2O5S2. The predicted molar refractivity (Wildman–Crippen MR) is 145 cm³/mol. The van der Waals surface area contributed by atoms with E-state index in [-0.39, 0.29) is 22.8 Å². The molecule has 4 rings (SSSR count). The highest BCUT2D eigenvalue weighted by Crippen LogP contribution is 2.40. The first-order valence-electron chi connectivity index (χ1n) is 12.5. The topological polar surface area (TPSA) is 84.9 Å². The number of sulfonamides is 1. The number of amides is 1. The van der Waals surface area contributed by atoms with Gasteiger partial charge in [-0.3, -0.25) is 9.10 Å². The number of nitrogens with zero attached hydrogens (tertiary/aromatic N) is 1. The summed E-state index contributed by atoms with van der Waals surface area (Å²) in [4.78, 5) is 13.2. The molecule has 2 aliphatic rings. The SMILES string of the molecule is COc1ccc(S(=O)(=O)N2CC(C(=O)NCCSC3CCCC3)Oc3ccc(C(C)(C)C)cc32)cc1. The van der Waals surface area contributed by atoms with Gasteiger partial charge in [-0.25, -0.2) is 8.42 Å². The zero-order chi connectivity index (χ0) is 25.9. The van der Waals surface area contributed by atoms with Gasteiger partial charge < -0.3 is 14.8 Å². The van der Waals surface area contributed by atoms with Crippen LogP contribution in [-0.2, 0) is 20.2 Å². The molecular weight excluding hydrogens is 496 g/mol. The van der Waals surface area contributed by atoms with Gasteiger partial charge in [0.05, 0.1) is 24.2 Å². The molecule has 0 saturated heterocycles. The number of ether oxygens (including phenoxy) is 2. The Kier molecular flexibility index (Phi) is 8.09. The highest BCUT2D eigenvalue weighted by Gasteiger charge is 2.38. The summed E-state index contributed by atoms with van der Waals surface area (Å²) in [6.07, 6.45) is 4.12. The molecule has 36 heavy (non-hydrogen) atoms. The van der Waals surface area contributed by atoms with Crippen LogP contribution in [0.4, 0.5) is 5.69 Å². The standard InChI is InChI=1S/C27H36N2O5S2/c1-27(2,3)19-9-14-24-23(17-19)29(36(31,32)22-12-10-20(33-4)11-13-22)18-25(34-24)26(30)28-15-16-35-21-7-5-6-8-21/h9-14,17,21,25H,5-8,15-16,18H2,1-4H3,(H,28,30). The highest BCUT2D eigenvalue weighted by atomic mass is 32.2. The number of anilines is 1. The van der Waals surface area contributed by atoms with Crippen molar-refractivity contribution in [3.63, 3.8) is 0 Å². The fraction of sp³-hybridized carbons (Fsp3) is 0.519. The molecule has 2 aromatic carbocycles. The van der Waals surface area contributed by atoms with Crippen molar-refractivity contribution in [1.82, 2.24) is 5.32 Å². The summed E-state index contributed by atoms with van der Waals surface area (Å²) in [5.41, 5.74) is 1.24. The zero-order valence-corrected chi connectivity index (χ0v) is 23.1. The molecule has 0 bridgehead atoms. The molecule has 1 N–H and O–H groups in total. The van der Waals surface area contributed by atoms with Crippen molar-refractivity contribution in [1.29, 1.82) is 0 Å². The molecule has 9 heteroatoms. The molecule has 1 heterocycles. The third kappa shape index (κ3) is 5.94. The van der Waals surface area contributed by atoms with Crippen LogP contribution in [-0.4, -0.2) is 51.6 Å². The maximum absolute atomic E-state index is 13.8. The van der Waals surface area contributed by atoms with Crippen molar-refractivity contribution in [3.8, 4) is 11.5 Å². The molecule has 1 saturated carbocycles. The summed E-state index contributed by atoms with van der Waals surface area (Å²) in [5, 5.41) is 3.63. The summed E-state index contributed by atoms with van der Waals surface area (Å²) in [6, 6.07) is 11.8. The molecule has 0 aromatic heterocycles. The molecule has 0 spiro atoms. The summed E-state index contributed by atoms with van der Waals surface area (Å²) in [5.74, 6) is 1.48. The second-order valence-electron chi connectivity index (χ2n) is 10.3. The number of rotatable bonds is 8. The van der Waals surface area contributed by atoms with Gasteiger partial charge >= 0.3 is 0 Å². The molecule has 1 amide bonds. The fourth-order valence-corrected chi connectivity index (χ4v) is 7.21. The average molecular weight is 533 g/mol. The van der Waals surface area contributed by atoms with E-state index in [9.17, 15) is 13.2 Å². The van der Waals surface area contributed by atoms with Crippen LogP contribution < -0.4 is 19.1 Å². The number of benzene rings is 2. The molecule has 2 aromatic rings. The minimum atomic E-state index is -3.95. The van der Waals surface area contributed by atoms with Gasteiger partial charge in [-0.05, 0) is 60.2 Å². The van der Waals surface area contributed by atoms with Crippen molar-refractivity contribution in [3.05, 3.63) is 48.0 Å².